The molecule has 0 amide bonds. The number of aromatic nitrogens is 2. The molecule has 1 aromatic carbocycles. The van der Waals surface area contributed by atoms with Crippen LogP contribution in [0.15, 0.2) is 35.4 Å². The van der Waals surface area contributed by atoms with Gasteiger partial charge >= 0.3 is 0 Å². The van der Waals surface area contributed by atoms with Gasteiger partial charge in [0, 0.05) is 17.0 Å². The van der Waals surface area contributed by atoms with E-state index < -0.39 is 6.10 Å². The molecule has 5 rings (SSSR count). The van der Waals surface area contributed by atoms with Crippen LogP contribution in [0.4, 0.5) is 0 Å². The van der Waals surface area contributed by atoms with E-state index >= 15 is 0 Å². The van der Waals surface area contributed by atoms with E-state index in [0.717, 1.165) is 47.6 Å². The maximum atomic E-state index is 13.4. The molecular weight excluding hydrogens is 486 g/mol. The van der Waals surface area contributed by atoms with Crippen molar-refractivity contribution in [2.45, 2.75) is 102 Å². The van der Waals surface area contributed by atoms with Gasteiger partial charge in [-0.25, -0.2) is 4.98 Å². The van der Waals surface area contributed by atoms with E-state index in [1.54, 1.807) is 17.8 Å². The Hall–Kier alpha value is -2.26. The zero-order chi connectivity index (χ0) is 26.1. The van der Waals surface area contributed by atoms with E-state index in [0.29, 0.717) is 41.6 Å². The highest BCUT2D eigenvalue weighted by atomic mass is 32.1. The summed E-state index contributed by atoms with van der Waals surface area (Å²) < 4.78 is 8.81. The topological polar surface area (TPSA) is 87.8 Å². The molecule has 8 heteroatoms. The number of benzene rings is 1. The van der Waals surface area contributed by atoms with E-state index in [4.69, 9.17) is 4.74 Å². The lowest BCUT2D eigenvalue weighted by Gasteiger charge is -2.36. The van der Waals surface area contributed by atoms with Crippen LogP contribution in [0, 0.1) is 0 Å². The number of aliphatic hydroxyl groups is 2. The van der Waals surface area contributed by atoms with E-state index in [2.05, 4.69) is 16.9 Å². The van der Waals surface area contributed by atoms with Gasteiger partial charge in [0.15, 0.2) is 0 Å². The van der Waals surface area contributed by atoms with Crippen LogP contribution < -0.4 is 10.3 Å². The quantitative estimate of drug-likeness (QED) is 0.406. The molecule has 2 aliphatic rings. The molecule has 0 saturated carbocycles. The standard InChI is InChI=1S/C29H39N3O4S/c1-4-23(34)10-11-25-16-26-28(37-25)29(35)32(17-30-26)22-9-12-27(19(13-22)6-5-18(2)33)36-24-14-20-7-8-21(15-24)31(20)3/h9,12-13,16-18,20-21,23-24,33-34H,4-8,10-11,14-15H2,1-3H3/t18?,20-,21+,23?,24?. The minimum Gasteiger partial charge on any atom is -0.490 e. The molecule has 2 aliphatic heterocycles. The van der Waals surface area contributed by atoms with Crippen LogP contribution in [0.2, 0.25) is 0 Å². The highest BCUT2D eigenvalue weighted by Crippen LogP contribution is 2.37. The lowest BCUT2D eigenvalue weighted by molar-refractivity contribution is 0.0654. The Morgan fingerprint density at radius 2 is 1.89 bits per heavy atom. The van der Waals surface area contributed by atoms with Crippen LogP contribution in [0.3, 0.4) is 0 Å². The van der Waals surface area contributed by atoms with Crippen molar-refractivity contribution in [1.29, 1.82) is 0 Å². The number of hydrogen-bond acceptors (Lipinski definition) is 7. The molecule has 37 heavy (non-hydrogen) atoms. The first kappa shape index (κ1) is 26.4. The normalized spacial score (nSPS) is 23.4. The fourth-order valence-electron chi connectivity index (χ4n) is 5.81. The van der Waals surface area contributed by atoms with Crippen molar-refractivity contribution in [3.05, 3.63) is 51.4 Å². The molecule has 2 saturated heterocycles. The van der Waals surface area contributed by atoms with Crippen molar-refractivity contribution in [2.75, 3.05) is 7.05 Å². The van der Waals surface area contributed by atoms with Crippen LogP contribution in [0.5, 0.6) is 5.75 Å². The lowest BCUT2D eigenvalue weighted by Crippen LogP contribution is -2.43. The average Bonchev–Trinajstić information content (AvgIpc) is 3.38. The molecule has 5 atom stereocenters. The summed E-state index contributed by atoms with van der Waals surface area (Å²) in [6.45, 7) is 3.77. The molecule has 0 radical (unpaired) electrons. The molecule has 2 bridgehead atoms. The zero-order valence-corrected chi connectivity index (χ0v) is 22.9. The Kier molecular flexibility index (Phi) is 8.00. The molecule has 7 nitrogen and oxygen atoms in total. The third-order valence-corrected chi connectivity index (χ3v) is 9.36. The molecule has 3 aromatic rings. The maximum absolute atomic E-state index is 13.4. The summed E-state index contributed by atoms with van der Waals surface area (Å²) in [5.41, 5.74) is 2.39. The van der Waals surface area contributed by atoms with Crippen molar-refractivity contribution >= 4 is 21.6 Å². The summed E-state index contributed by atoms with van der Waals surface area (Å²) >= 11 is 1.47. The Balaban J connectivity index is 1.41. The third kappa shape index (κ3) is 5.77. The van der Waals surface area contributed by atoms with Gasteiger partial charge in [-0.15, -0.1) is 11.3 Å². The predicted octanol–water partition coefficient (Wildman–Crippen LogP) is 4.47. The second kappa shape index (κ2) is 11.2. The summed E-state index contributed by atoms with van der Waals surface area (Å²) in [6.07, 6.45) is 9.10. The second-order valence-corrected chi connectivity index (χ2v) is 12.0. The summed E-state index contributed by atoms with van der Waals surface area (Å²) in [5, 5.41) is 19.9. The van der Waals surface area contributed by atoms with Crippen LogP contribution in [-0.4, -0.2) is 62.1 Å². The summed E-state index contributed by atoms with van der Waals surface area (Å²) in [7, 11) is 2.23. The zero-order valence-electron chi connectivity index (χ0n) is 22.1. The van der Waals surface area contributed by atoms with Crippen LogP contribution in [0.25, 0.3) is 15.9 Å². The molecule has 0 spiro atoms. The molecule has 2 aromatic heterocycles. The Morgan fingerprint density at radius 1 is 1.14 bits per heavy atom. The lowest BCUT2D eigenvalue weighted by atomic mass is 10.00. The van der Waals surface area contributed by atoms with Gasteiger partial charge in [-0.05, 0) is 102 Å². The molecule has 2 N–H and O–H groups in total. The van der Waals surface area contributed by atoms with Crippen molar-refractivity contribution in [1.82, 2.24) is 14.5 Å². The van der Waals surface area contributed by atoms with E-state index in [9.17, 15) is 15.0 Å². The van der Waals surface area contributed by atoms with Crippen molar-refractivity contribution in [2.24, 2.45) is 0 Å². The summed E-state index contributed by atoms with van der Waals surface area (Å²) in [6, 6.07) is 9.10. The number of aliphatic hydroxyl groups excluding tert-OH is 2. The van der Waals surface area contributed by atoms with Gasteiger partial charge in [0.2, 0.25) is 0 Å². The minimum atomic E-state index is -0.410. The summed E-state index contributed by atoms with van der Waals surface area (Å²) in [4.78, 5) is 21.6. The van der Waals surface area contributed by atoms with Gasteiger partial charge in [-0.3, -0.25) is 9.36 Å². The van der Waals surface area contributed by atoms with Gasteiger partial charge in [0.05, 0.1) is 23.4 Å². The molecule has 3 unspecified atom stereocenters. The number of fused-ring (bicyclic) bond motifs is 3. The van der Waals surface area contributed by atoms with E-state index in [1.807, 2.05) is 31.2 Å². The highest BCUT2D eigenvalue weighted by Gasteiger charge is 2.39. The van der Waals surface area contributed by atoms with Gasteiger partial charge in [-0.2, -0.15) is 0 Å². The largest absolute Gasteiger partial charge is 0.490 e. The molecule has 0 aliphatic carbocycles. The molecule has 200 valence electrons. The maximum Gasteiger partial charge on any atom is 0.275 e. The average molecular weight is 526 g/mol. The third-order valence-electron chi connectivity index (χ3n) is 8.19. The minimum absolute atomic E-state index is 0.0840. The molecular formula is C29H39N3O4S. The Morgan fingerprint density at radius 3 is 2.59 bits per heavy atom. The van der Waals surface area contributed by atoms with Crippen LogP contribution in [-0.2, 0) is 12.8 Å². The molecule has 2 fully saturated rings. The number of aryl methyl sites for hydroxylation is 2. The number of piperidine rings is 1. The number of rotatable bonds is 10. The predicted molar refractivity (Wildman–Crippen MR) is 148 cm³/mol. The van der Waals surface area contributed by atoms with E-state index in [1.165, 1.54) is 24.2 Å². The fourth-order valence-corrected chi connectivity index (χ4v) is 6.86. The van der Waals surface area contributed by atoms with Crippen molar-refractivity contribution < 1.29 is 14.9 Å². The van der Waals surface area contributed by atoms with Crippen molar-refractivity contribution in [3.8, 4) is 11.4 Å². The first-order valence-electron chi connectivity index (χ1n) is 13.7. The Labute approximate surface area is 222 Å². The smallest absolute Gasteiger partial charge is 0.275 e. The summed E-state index contributed by atoms with van der Waals surface area (Å²) in [5.74, 6) is 0.855. The SMILES string of the molecule is CCC(O)CCc1cc2ncn(-c3ccc(OC4C[C@H]5CC[C@@H](C4)N5C)c(CCC(C)O)c3)c(=O)c2s1. The monoisotopic (exact) mass is 525 g/mol. The van der Waals surface area contributed by atoms with Gasteiger partial charge in [0.25, 0.3) is 5.56 Å². The van der Waals surface area contributed by atoms with Gasteiger partial charge in [0.1, 0.15) is 22.9 Å². The number of ether oxygens (including phenoxy) is 1. The highest BCUT2D eigenvalue weighted by molar-refractivity contribution is 7.18. The fraction of sp³-hybridized carbons (Fsp3) is 0.586. The van der Waals surface area contributed by atoms with Gasteiger partial charge < -0.3 is 19.8 Å². The number of thiophene rings is 1. The molecule has 4 heterocycles. The number of hydrogen-bond donors (Lipinski definition) is 2. The van der Waals surface area contributed by atoms with Gasteiger partial charge in [-0.1, -0.05) is 6.92 Å². The first-order chi connectivity index (χ1) is 17.8. The number of nitrogens with zero attached hydrogens (tertiary/aromatic N) is 3. The van der Waals surface area contributed by atoms with Crippen LogP contribution >= 0.6 is 11.3 Å². The Bertz CT molecular complexity index is 1270. The van der Waals surface area contributed by atoms with Crippen molar-refractivity contribution in [3.63, 3.8) is 0 Å². The van der Waals surface area contributed by atoms with Crippen LogP contribution in [0.1, 0.15) is 69.2 Å². The second-order valence-electron chi connectivity index (χ2n) is 10.9. The van der Waals surface area contributed by atoms with E-state index in [-0.39, 0.29) is 17.8 Å². The first-order valence-corrected chi connectivity index (χ1v) is 14.5.